The molecule has 16 heavy (non-hydrogen) atoms. The molecule has 0 aromatic heterocycles. The zero-order valence-electron chi connectivity index (χ0n) is 12.0. The molecule has 1 unspecified atom stereocenters. The smallest absolute Gasteiger partial charge is 0.105 e. The molecule has 98 valence electrons. The summed E-state index contributed by atoms with van der Waals surface area (Å²) in [5.41, 5.74) is 0.388. The summed E-state index contributed by atoms with van der Waals surface area (Å²) in [6, 6.07) is 0. The second-order valence-corrected chi connectivity index (χ2v) is 8.25. The summed E-state index contributed by atoms with van der Waals surface area (Å²) in [6.07, 6.45) is 0.692. The first-order valence-corrected chi connectivity index (χ1v) is 6.39. The molecule has 0 rings (SSSR count). The van der Waals surface area contributed by atoms with Crippen LogP contribution in [0.25, 0.3) is 0 Å². The Labute approximate surface area is 107 Å². The minimum atomic E-state index is -0.883. The Kier molecular flexibility index (Phi) is 5.37. The third kappa shape index (κ3) is 9.49. The summed E-state index contributed by atoms with van der Waals surface area (Å²) >= 11 is 4.19. The molecule has 0 aliphatic heterocycles. The molecule has 0 aromatic rings. The van der Waals surface area contributed by atoms with Gasteiger partial charge < -0.3 is 10.0 Å². The van der Waals surface area contributed by atoms with Crippen LogP contribution in [0.4, 0.5) is 0 Å². The lowest BCUT2D eigenvalue weighted by Crippen LogP contribution is -2.39. The maximum Gasteiger partial charge on any atom is 0.105 e. The van der Waals surface area contributed by atoms with Crippen molar-refractivity contribution in [2.45, 2.75) is 52.9 Å². The van der Waals surface area contributed by atoms with Gasteiger partial charge in [0.05, 0.1) is 0 Å². The topological polar surface area (TPSA) is 23.5 Å². The quantitative estimate of drug-likeness (QED) is 0.576. The van der Waals surface area contributed by atoms with Crippen LogP contribution in [0.3, 0.4) is 0 Å². The van der Waals surface area contributed by atoms with E-state index in [0.717, 1.165) is 13.1 Å². The van der Waals surface area contributed by atoms with Crippen molar-refractivity contribution in [3.05, 3.63) is 0 Å². The van der Waals surface area contributed by atoms with Crippen molar-refractivity contribution in [1.29, 1.82) is 0 Å². The fourth-order valence-electron chi connectivity index (χ4n) is 2.56. The Hall–Kier alpha value is 0.270. The van der Waals surface area contributed by atoms with Gasteiger partial charge in [-0.25, -0.2) is 0 Å². The maximum absolute atomic E-state index is 9.74. The van der Waals surface area contributed by atoms with Gasteiger partial charge in [0.2, 0.25) is 0 Å². The van der Waals surface area contributed by atoms with E-state index in [4.69, 9.17) is 0 Å². The number of rotatable bonds is 5. The zero-order valence-corrected chi connectivity index (χ0v) is 12.9. The molecule has 0 radical (unpaired) electrons. The van der Waals surface area contributed by atoms with Crippen LogP contribution in [0.5, 0.6) is 0 Å². The number of aliphatic hydroxyl groups is 1. The minimum absolute atomic E-state index is 0.0747. The van der Waals surface area contributed by atoms with E-state index in [2.05, 4.69) is 59.2 Å². The molecule has 0 saturated carbocycles. The number of thiol groups is 1. The normalized spacial score (nSPS) is 17.6. The molecule has 1 atom stereocenters. The van der Waals surface area contributed by atoms with Gasteiger partial charge in [0.1, 0.15) is 4.93 Å². The van der Waals surface area contributed by atoms with Gasteiger partial charge in [0, 0.05) is 13.1 Å². The molecule has 0 amide bonds. The summed E-state index contributed by atoms with van der Waals surface area (Å²) in [7, 11) is 2.14. The average Bonchev–Trinajstić information content (AvgIpc) is 1.70. The summed E-state index contributed by atoms with van der Waals surface area (Å²) in [5, 5.41) is 9.74. The van der Waals surface area contributed by atoms with E-state index in [0.29, 0.717) is 11.8 Å². The van der Waals surface area contributed by atoms with Crippen LogP contribution in [-0.2, 0) is 0 Å². The first kappa shape index (κ1) is 16.3. The van der Waals surface area contributed by atoms with Gasteiger partial charge in [-0.15, -0.1) is 12.6 Å². The number of nitrogens with zero attached hydrogens (tertiary/aromatic N) is 1. The van der Waals surface area contributed by atoms with E-state index in [9.17, 15) is 5.11 Å². The predicted octanol–water partition coefficient (Wildman–Crippen LogP) is 3.02. The van der Waals surface area contributed by atoms with E-state index >= 15 is 0 Å². The monoisotopic (exact) mass is 247 g/mol. The highest BCUT2D eigenvalue weighted by molar-refractivity contribution is 7.81. The number of hydrogen-bond donors (Lipinski definition) is 2. The highest BCUT2D eigenvalue weighted by Crippen LogP contribution is 2.31. The molecule has 0 aromatic carbocycles. The van der Waals surface area contributed by atoms with E-state index in [1.165, 1.54) is 0 Å². The zero-order chi connectivity index (χ0) is 13.2. The molecule has 0 heterocycles. The number of hydrogen-bond acceptors (Lipinski definition) is 3. The summed E-state index contributed by atoms with van der Waals surface area (Å²) in [6.45, 7) is 14.9. The molecular formula is C13H29NOS. The summed E-state index contributed by atoms with van der Waals surface area (Å²) < 4.78 is 0. The summed E-state index contributed by atoms with van der Waals surface area (Å²) in [4.78, 5) is 1.45. The molecule has 2 nitrogen and oxygen atoms in total. The van der Waals surface area contributed by atoms with Crippen molar-refractivity contribution >= 4 is 12.6 Å². The van der Waals surface area contributed by atoms with E-state index < -0.39 is 4.93 Å². The predicted molar refractivity (Wildman–Crippen MR) is 75.0 cm³/mol. The van der Waals surface area contributed by atoms with Gasteiger partial charge in [0.15, 0.2) is 0 Å². The fraction of sp³-hybridized carbons (Fsp3) is 1.00. The van der Waals surface area contributed by atoms with Crippen molar-refractivity contribution < 1.29 is 5.11 Å². The van der Waals surface area contributed by atoms with Crippen LogP contribution in [0.15, 0.2) is 0 Å². The third-order valence-electron chi connectivity index (χ3n) is 2.26. The van der Waals surface area contributed by atoms with Gasteiger partial charge in [-0.2, -0.15) is 0 Å². The molecular weight excluding hydrogens is 218 g/mol. The highest BCUT2D eigenvalue weighted by atomic mass is 32.1. The van der Waals surface area contributed by atoms with Gasteiger partial charge in [-0.3, -0.25) is 0 Å². The summed E-state index contributed by atoms with van der Waals surface area (Å²) in [5.74, 6) is 0. The van der Waals surface area contributed by atoms with Crippen molar-refractivity contribution in [3.63, 3.8) is 0 Å². The van der Waals surface area contributed by atoms with Crippen LogP contribution in [0.2, 0.25) is 0 Å². The SMILES string of the molecule is CN(CC(C)(C)C)CC(C)(C)CC(C)(O)S. The minimum Gasteiger partial charge on any atom is -0.380 e. The van der Waals surface area contributed by atoms with Gasteiger partial charge >= 0.3 is 0 Å². The van der Waals surface area contributed by atoms with Crippen LogP contribution >= 0.6 is 12.6 Å². The average molecular weight is 247 g/mol. The lowest BCUT2D eigenvalue weighted by Gasteiger charge is -2.36. The Morgan fingerprint density at radius 3 is 1.75 bits per heavy atom. The third-order valence-corrected chi connectivity index (χ3v) is 2.41. The molecule has 0 aliphatic carbocycles. The Morgan fingerprint density at radius 2 is 1.44 bits per heavy atom. The molecule has 0 bridgehead atoms. The molecule has 0 spiro atoms. The van der Waals surface area contributed by atoms with Crippen molar-refractivity contribution in [1.82, 2.24) is 4.90 Å². The first-order valence-electron chi connectivity index (χ1n) is 5.94. The molecule has 3 heteroatoms. The van der Waals surface area contributed by atoms with Crippen molar-refractivity contribution in [2.24, 2.45) is 10.8 Å². The Bertz CT molecular complexity index is 213. The van der Waals surface area contributed by atoms with E-state index in [1.54, 1.807) is 6.92 Å². The van der Waals surface area contributed by atoms with Crippen molar-refractivity contribution in [2.75, 3.05) is 20.1 Å². The maximum atomic E-state index is 9.74. The van der Waals surface area contributed by atoms with Crippen LogP contribution in [0.1, 0.15) is 48.0 Å². The Balaban J connectivity index is 4.26. The molecule has 0 aliphatic rings. The van der Waals surface area contributed by atoms with Crippen LogP contribution in [0, 0.1) is 10.8 Å². The van der Waals surface area contributed by atoms with E-state index in [-0.39, 0.29) is 5.41 Å². The lowest BCUT2D eigenvalue weighted by molar-refractivity contribution is 0.0737. The standard InChI is InChI=1S/C13H29NOS/c1-11(2,3)9-14(7)10-12(4,5)8-13(6,15)16/h15-16H,8-10H2,1-7H3. The van der Waals surface area contributed by atoms with Gasteiger partial charge in [0.25, 0.3) is 0 Å². The second kappa shape index (κ2) is 5.28. The highest BCUT2D eigenvalue weighted by Gasteiger charge is 2.29. The second-order valence-electron chi connectivity index (χ2n) is 7.29. The first-order chi connectivity index (χ1) is 6.81. The largest absolute Gasteiger partial charge is 0.380 e. The van der Waals surface area contributed by atoms with Gasteiger partial charge in [-0.1, -0.05) is 34.6 Å². The lowest BCUT2D eigenvalue weighted by atomic mass is 9.85. The molecule has 1 N–H and O–H groups in total. The van der Waals surface area contributed by atoms with E-state index in [1.807, 2.05) is 0 Å². The van der Waals surface area contributed by atoms with Crippen molar-refractivity contribution in [3.8, 4) is 0 Å². The van der Waals surface area contributed by atoms with Crippen LogP contribution in [-0.4, -0.2) is 35.1 Å². The van der Waals surface area contributed by atoms with Gasteiger partial charge in [-0.05, 0) is 31.2 Å². The fourth-order valence-corrected chi connectivity index (χ4v) is 2.99. The molecule has 0 fully saturated rings. The van der Waals surface area contributed by atoms with Crippen LogP contribution < -0.4 is 0 Å². The Morgan fingerprint density at radius 1 is 1.00 bits per heavy atom. The molecule has 0 saturated heterocycles.